The molecule has 3 unspecified atom stereocenters. The van der Waals surface area contributed by atoms with Gasteiger partial charge in [0.15, 0.2) is 11.6 Å². The van der Waals surface area contributed by atoms with Gasteiger partial charge in [-0.05, 0) is 41.7 Å². The molecule has 0 saturated heterocycles. The summed E-state index contributed by atoms with van der Waals surface area (Å²) in [6, 6.07) is 1.80. The van der Waals surface area contributed by atoms with E-state index in [1.165, 1.54) is 6.92 Å². The van der Waals surface area contributed by atoms with Crippen molar-refractivity contribution in [2.24, 2.45) is 28.9 Å². The first kappa shape index (κ1) is 28.2. The molecule has 1 aromatic carbocycles. The molecule has 3 atom stereocenters. The Balaban J connectivity index is 1.86. The number of hydrogen-bond acceptors (Lipinski definition) is 8. The molecule has 10 heteroatoms. The molecule has 0 spiro atoms. The van der Waals surface area contributed by atoms with Crippen LogP contribution in [0.4, 0.5) is 5.69 Å². The zero-order valence-electron chi connectivity index (χ0n) is 23.3. The Morgan fingerprint density at radius 1 is 1.10 bits per heavy atom. The normalized spacial score (nSPS) is 22.8. The van der Waals surface area contributed by atoms with Crippen molar-refractivity contribution in [3.05, 3.63) is 39.7 Å². The van der Waals surface area contributed by atoms with Gasteiger partial charge in [-0.2, -0.15) is 0 Å². The van der Waals surface area contributed by atoms with E-state index in [-0.39, 0.29) is 46.9 Å². The van der Waals surface area contributed by atoms with Gasteiger partial charge in [0.25, 0.3) is 5.91 Å². The van der Waals surface area contributed by atoms with Crippen molar-refractivity contribution in [2.45, 2.75) is 53.5 Å². The second kappa shape index (κ2) is 9.73. The van der Waals surface area contributed by atoms with Crippen LogP contribution in [0.3, 0.4) is 0 Å². The molecule has 1 fully saturated rings. The summed E-state index contributed by atoms with van der Waals surface area (Å²) < 4.78 is 0. The van der Waals surface area contributed by atoms with Crippen LogP contribution in [-0.2, 0) is 32.1 Å². The Morgan fingerprint density at radius 3 is 2.28 bits per heavy atom. The summed E-state index contributed by atoms with van der Waals surface area (Å²) in [5.74, 6) is -5.84. The van der Waals surface area contributed by atoms with Crippen LogP contribution in [0.2, 0.25) is 0 Å². The van der Waals surface area contributed by atoms with Crippen molar-refractivity contribution in [1.82, 2.24) is 4.90 Å². The molecule has 3 aliphatic rings. The summed E-state index contributed by atoms with van der Waals surface area (Å²) in [6.07, 6.45) is 0.552. The third-order valence-corrected chi connectivity index (χ3v) is 7.90. The van der Waals surface area contributed by atoms with Gasteiger partial charge in [0.2, 0.25) is 5.91 Å². The summed E-state index contributed by atoms with van der Waals surface area (Å²) in [5.41, 5.74) is 6.54. The number of ketones is 2. The molecule has 0 bridgehead atoms. The molecule has 0 aromatic heterocycles. The quantitative estimate of drug-likeness (QED) is 0.415. The third kappa shape index (κ3) is 4.88. The van der Waals surface area contributed by atoms with E-state index < -0.39 is 46.6 Å². The molecule has 5 N–H and O–H groups in total. The van der Waals surface area contributed by atoms with E-state index in [1.54, 1.807) is 11.0 Å². The predicted molar refractivity (Wildman–Crippen MR) is 145 cm³/mol. The second-order valence-corrected chi connectivity index (χ2v) is 12.3. The van der Waals surface area contributed by atoms with Crippen molar-refractivity contribution in [3.8, 4) is 5.75 Å². The Morgan fingerprint density at radius 2 is 1.74 bits per heavy atom. The molecular formula is C29H37N3O7. The van der Waals surface area contributed by atoms with Gasteiger partial charge in [0, 0.05) is 57.4 Å². The minimum Gasteiger partial charge on any atom is -0.511 e. The maximum absolute atomic E-state index is 13.7. The van der Waals surface area contributed by atoms with E-state index in [0.717, 1.165) is 5.69 Å². The maximum atomic E-state index is 13.7. The van der Waals surface area contributed by atoms with Crippen molar-refractivity contribution in [2.75, 3.05) is 25.5 Å². The number of hydrogen-bond donors (Lipinski definition) is 4. The van der Waals surface area contributed by atoms with Crippen LogP contribution in [0.5, 0.6) is 5.75 Å². The number of aromatic hydroxyl groups is 1. The molecule has 0 heterocycles. The molecule has 3 aliphatic carbocycles. The maximum Gasteiger partial charge on any atom is 0.255 e. The number of aliphatic hydroxyl groups excluding tert-OH is 2. The SMILES string of the molecule is CC(=O)N(Cc1cc(N(C)C)c2c(c1O)C(O)=C1C(=O)C3C(O)=C(C(N)=O)C(=O)CC3CC1C2)CC(C)(C)C. The van der Waals surface area contributed by atoms with E-state index in [4.69, 9.17) is 5.73 Å². The van der Waals surface area contributed by atoms with Crippen LogP contribution >= 0.6 is 0 Å². The average Bonchev–Trinajstić information content (AvgIpc) is 2.78. The topological polar surface area (TPSA) is 161 Å². The number of allylic oxidation sites excluding steroid dienone is 2. The van der Waals surface area contributed by atoms with Crippen LogP contribution in [-0.4, -0.2) is 64.2 Å². The average molecular weight is 540 g/mol. The van der Waals surface area contributed by atoms with E-state index in [1.807, 2.05) is 39.8 Å². The number of benzene rings is 1. The third-order valence-electron chi connectivity index (χ3n) is 7.90. The Hall–Kier alpha value is -3.82. The molecule has 2 amide bonds. The number of nitrogens with two attached hydrogens (primary N) is 1. The van der Waals surface area contributed by atoms with Crippen LogP contribution in [0, 0.1) is 23.2 Å². The number of phenolic OH excluding ortho intramolecular Hbond substituents is 1. The Bertz CT molecular complexity index is 1350. The van der Waals surface area contributed by atoms with E-state index in [0.29, 0.717) is 30.5 Å². The summed E-state index contributed by atoms with van der Waals surface area (Å²) >= 11 is 0. The molecular weight excluding hydrogens is 502 g/mol. The number of phenols is 1. The number of carbonyl (C=O) groups excluding carboxylic acids is 4. The van der Waals surface area contributed by atoms with Crippen LogP contribution in [0.1, 0.15) is 57.2 Å². The van der Waals surface area contributed by atoms with Crippen LogP contribution < -0.4 is 10.6 Å². The molecule has 0 radical (unpaired) electrons. The summed E-state index contributed by atoms with van der Waals surface area (Å²) in [6.45, 7) is 8.03. The molecule has 1 saturated carbocycles. The molecule has 10 nitrogen and oxygen atoms in total. The highest BCUT2D eigenvalue weighted by atomic mass is 16.3. The number of aliphatic hydroxyl groups is 2. The first-order valence-corrected chi connectivity index (χ1v) is 13.1. The summed E-state index contributed by atoms with van der Waals surface area (Å²) in [4.78, 5) is 54.0. The van der Waals surface area contributed by atoms with Gasteiger partial charge < -0.3 is 30.9 Å². The van der Waals surface area contributed by atoms with E-state index >= 15 is 0 Å². The zero-order chi connectivity index (χ0) is 29.1. The number of nitrogens with zero attached hydrogens (tertiary/aromatic N) is 2. The van der Waals surface area contributed by atoms with Crippen LogP contribution in [0.15, 0.2) is 23.0 Å². The van der Waals surface area contributed by atoms with E-state index in [9.17, 15) is 34.5 Å². The van der Waals surface area contributed by atoms with Gasteiger partial charge in [0.1, 0.15) is 22.8 Å². The fourth-order valence-electron chi connectivity index (χ4n) is 6.32. The highest BCUT2D eigenvalue weighted by Gasteiger charge is 2.51. The minimum atomic E-state index is -1.17. The molecule has 210 valence electrons. The van der Waals surface area contributed by atoms with E-state index in [2.05, 4.69) is 0 Å². The lowest BCUT2D eigenvalue weighted by molar-refractivity contribution is -0.131. The molecule has 0 aliphatic heterocycles. The lowest BCUT2D eigenvalue weighted by Gasteiger charge is -2.41. The monoisotopic (exact) mass is 539 g/mol. The Kier molecular flexibility index (Phi) is 7.04. The smallest absolute Gasteiger partial charge is 0.255 e. The lowest BCUT2D eigenvalue weighted by atomic mass is 9.61. The minimum absolute atomic E-state index is 0.0590. The van der Waals surface area contributed by atoms with Crippen molar-refractivity contribution in [1.29, 1.82) is 0 Å². The Labute approximate surface area is 227 Å². The first-order chi connectivity index (χ1) is 18.0. The second-order valence-electron chi connectivity index (χ2n) is 12.3. The van der Waals surface area contributed by atoms with Crippen molar-refractivity contribution in [3.63, 3.8) is 0 Å². The molecule has 39 heavy (non-hydrogen) atoms. The number of rotatable bonds is 5. The lowest BCUT2D eigenvalue weighted by Crippen LogP contribution is -2.44. The largest absolute Gasteiger partial charge is 0.511 e. The summed E-state index contributed by atoms with van der Waals surface area (Å²) in [7, 11) is 3.67. The fourth-order valence-corrected chi connectivity index (χ4v) is 6.32. The molecule has 1 aromatic rings. The van der Waals surface area contributed by atoms with Gasteiger partial charge >= 0.3 is 0 Å². The summed E-state index contributed by atoms with van der Waals surface area (Å²) in [5, 5.41) is 33.7. The first-order valence-electron chi connectivity index (χ1n) is 13.1. The van der Waals surface area contributed by atoms with Gasteiger partial charge in [-0.1, -0.05) is 20.8 Å². The molecule has 4 rings (SSSR count). The number of fused-ring (bicyclic) bond motifs is 3. The van der Waals surface area contributed by atoms with Gasteiger partial charge in [-0.25, -0.2) is 0 Å². The number of primary amides is 1. The highest BCUT2D eigenvalue weighted by molar-refractivity contribution is 6.21. The zero-order valence-corrected chi connectivity index (χ0v) is 23.3. The van der Waals surface area contributed by atoms with Crippen molar-refractivity contribution >= 4 is 34.8 Å². The predicted octanol–water partition coefficient (Wildman–Crippen LogP) is 2.77. The fraction of sp³-hybridized carbons (Fsp3) is 0.517. The van der Waals surface area contributed by atoms with Crippen molar-refractivity contribution < 1.29 is 34.5 Å². The number of amides is 2. The standard InChI is InChI=1S/C29H37N3O7/c1-13(33)32(12-29(2,3)4)11-16-9-18(31(5)6)17-8-14-7-15-10-19(34)23(28(30)39)27(38)21(15)25(36)20(14)26(37)22(17)24(16)35/h9,14-15,21,35,37-38H,7-8,10-12H2,1-6H3,(H2,30,39). The van der Waals surface area contributed by atoms with Crippen LogP contribution in [0.25, 0.3) is 5.76 Å². The van der Waals surface area contributed by atoms with Gasteiger partial charge in [-0.15, -0.1) is 0 Å². The van der Waals surface area contributed by atoms with Gasteiger partial charge in [0.05, 0.1) is 11.5 Å². The number of Topliss-reactive ketones (excluding diaryl/α,β-unsaturated/α-hetero) is 2. The highest BCUT2D eigenvalue weighted by Crippen LogP contribution is 2.52. The number of anilines is 1. The van der Waals surface area contributed by atoms with Gasteiger partial charge in [-0.3, -0.25) is 19.2 Å². The number of carbonyl (C=O) groups is 4.